The first kappa shape index (κ1) is 24.4. The molecule has 1 saturated heterocycles. The number of allylic oxidation sites excluding steroid dienone is 1. The standard InChI is InChI=1S/C16H20N6O9S2/c1-7-12(15(25)22(7)33(27,28)29)19-14(24)13(9-6-32-16(17)18-9)20-31-5-8-3-10(23)11(30-2)4-21(8)26/h4,6-8,12,26H,3,5H2,1-2H3,(H2,17,18)(H,19,24)(H,27,28,29)/b20-13-/t7-,8?,12-/m0/s1. The number of rotatable bonds is 8. The van der Waals surface area contributed by atoms with Gasteiger partial charge in [-0.3, -0.25) is 29.2 Å². The minimum atomic E-state index is -4.76. The van der Waals surface area contributed by atoms with Gasteiger partial charge in [0.1, 0.15) is 18.3 Å². The number of oxime groups is 1. The number of carbonyl (C=O) groups is 3. The fraction of sp³-hybridized carbons (Fsp3) is 0.438. The van der Waals surface area contributed by atoms with Crippen LogP contribution in [0.3, 0.4) is 0 Å². The number of aromatic nitrogens is 1. The van der Waals surface area contributed by atoms with E-state index in [0.717, 1.165) is 22.6 Å². The number of nitrogens with one attached hydrogen (secondary N) is 1. The largest absolute Gasteiger partial charge is 0.491 e. The molecule has 17 heteroatoms. The van der Waals surface area contributed by atoms with E-state index in [1.54, 1.807) is 0 Å². The Balaban J connectivity index is 1.73. The van der Waals surface area contributed by atoms with Gasteiger partial charge in [0, 0.05) is 11.8 Å². The highest BCUT2D eigenvalue weighted by Gasteiger charge is 2.51. The molecule has 2 aliphatic heterocycles. The van der Waals surface area contributed by atoms with Crippen LogP contribution in [0.2, 0.25) is 0 Å². The van der Waals surface area contributed by atoms with E-state index < -0.39 is 40.2 Å². The third kappa shape index (κ3) is 5.05. The number of anilines is 1. The minimum absolute atomic E-state index is 0.0169. The van der Waals surface area contributed by atoms with E-state index in [0.29, 0.717) is 0 Å². The summed E-state index contributed by atoms with van der Waals surface area (Å²) in [5.41, 5.74) is 5.24. The maximum Gasteiger partial charge on any atom is 0.362 e. The van der Waals surface area contributed by atoms with E-state index >= 15 is 0 Å². The van der Waals surface area contributed by atoms with Gasteiger partial charge in [0.25, 0.3) is 11.8 Å². The van der Waals surface area contributed by atoms with Gasteiger partial charge >= 0.3 is 10.3 Å². The van der Waals surface area contributed by atoms with E-state index in [-0.39, 0.29) is 45.4 Å². The molecular formula is C16H20N6O9S2. The Hall–Kier alpha value is -3.28. The number of hydrogen-bond donors (Lipinski definition) is 4. The zero-order chi connectivity index (χ0) is 24.5. The van der Waals surface area contributed by atoms with Crippen LogP contribution in [0.1, 0.15) is 19.0 Å². The molecule has 3 rings (SSSR count). The third-order valence-corrected chi connectivity index (χ3v) is 6.50. The lowest BCUT2D eigenvalue weighted by molar-refractivity contribution is -0.143. The molecule has 1 aromatic rings. The quantitative estimate of drug-likeness (QED) is 0.137. The molecule has 0 aliphatic carbocycles. The summed E-state index contributed by atoms with van der Waals surface area (Å²) in [6.07, 6.45) is 0.944. The number of nitrogens with two attached hydrogens (primary N) is 1. The number of ether oxygens (including phenoxy) is 1. The number of Topliss-reactive ketones (excluding diaryl/α,β-unsaturated/α-hetero) is 1. The Morgan fingerprint density at radius 3 is 2.70 bits per heavy atom. The van der Waals surface area contributed by atoms with Crippen LogP contribution in [-0.2, 0) is 34.3 Å². The summed E-state index contributed by atoms with van der Waals surface area (Å²) in [6.45, 7) is 1.01. The van der Waals surface area contributed by atoms with Gasteiger partial charge < -0.3 is 20.6 Å². The van der Waals surface area contributed by atoms with E-state index in [2.05, 4.69) is 15.5 Å². The molecule has 5 N–H and O–H groups in total. The molecule has 15 nitrogen and oxygen atoms in total. The molecule has 0 aromatic carbocycles. The summed E-state index contributed by atoms with van der Waals surface area (Å²) in [7, 11) is -3.48. The molecule has 0 bridgehead atoms. The molecule has 33 heavy (non-hydrogen) atoms. The SMILES string of the molecule is COC1=CN(O)C(CO/N=C(\C(=O)N[C@@H]2C(=O)N(S(=O)(=O)O)[C@H]2C)c2csc(N)n2)CC1=O. The first-order chi connectivity index (χ1) is 15.4. The molecule has 1 aromatic heterocycles. The number of hydrogen-bond acceptors (Lipinski definition) is 13. The highest BCUT2D eigenvalue weighted by Crippen LogP contribution is 2.23. The van der Waals surface area contributed by atoms with Crippen LogP contribution < -0.4 is 11.1 Å². The Bertz CT molecular complexity index is 1130. The Kier molecular flexibility index (Phi) is 6.86. The second kappa shape index (κ2) is 9.30. The lowest BCUT2D eigenvalue weighted by atomic mass is 10.0. The summed E-state index contributed by atoms with van der Waals surface area (Å²) in [5, 5.41) is 18.3. The van der Waals surface area contributed by atoms with E-state index in [9.17, 15) is 28.0 Å². The Morgan fingerprint density at radius 1 is 1.45 bits per heavy atom. The van der Waals surface area contributed by atoms with Crippen molar-refractivity contribution in [1.82, 2.24) is 19.7 Å². The topological polar surface area (TPSA) is 214 Å². The molecule has 2 aliphatic rings. The van der Waals surface area contributed by atoms with Crippen molar-refractivity contribution in [2.45, 2.75) is 31.5 Å². The number of β-lactam (4-membered cyclic amide) rings is 1. The second-order valence-corrected chi connectivity index (χ2v) is 9.15. The average Bonchev–Trinajstić information content (AvgIpc) is 3.16. The molecule has 0 spiro atoms. The lowest BCUT2D eigenvalue weighted by Gasteiger charge is -2.42. The molecule has 1 unspecified atom stereocenters. The number of methoxy groups -OCH3 is 1. The summed E-state index contributed by atoms with van der Waals surface area (Å²) < 4.78 is 36.6. The first-order valence-electron chi connectivity index (χ1n) is 9.23. The summed E-state index contributed by atoms with van der Waals surface area (Å²) in [6, 6.07) is -3.11. The molecule has 0 radical (unpaired) electrons. The Labute approximate surface area is 191 Å². The van der Waals surface area contributed by atoms with Crippen molar-refractivity contribution in [3.63, 3.8) is 0 Å². The molecule has 3 heterocycles. The predicted molar refractivity (Wildman–Crippen MR) is 111 cm³/mol. The number of nitrogen functional groups attached to an aromatic ring is 1. The molecule has 3 atom stereocenters. The van der Waals surface area contributed by atoms with Crippen molar-refractivity contribution in [2.24, 2.45) is 5.16 Å². The monoisotopic (exact) mass is 504 g/mol. The van der Waals surface area contributed by atoms with Crippen LogP contribution in [0.15, 0.2) is 22.5 Å². The van der Waals surface area contributed by atoms with E-state index in [1.807, 2.05) is 0 Å². The molecule has 0 saturated carbocycles. The van der Waals surface area contributed by atoms with Crippen molar-refractivity contribution >= 4 is 50.1 Å². The van der Waals surface area contributed by atoms with Gasteiger partial charge in [-0.05, 0) is 6.92 Å². The lowest BCUT2D eigenvalue weighted by Crippen LogP contribution is -2.71. The van der Waals surface area contributed by atoms with Crippen LogP contribution in [0.5, 0.6) is 0 Å². The van der Waals surface area contributed by atoms with Gasteiger partial charge in [-0.15, -0.1) is 11.3 Å². The zero-order valence-corrected chi connectivity index (χ0v) is 18.9. The number of ketones is 1. The van der Waals surface area contributed by atoms with Gasteiger partial charge in [0.15, 0.2) is 16.6 Å². The number of thiazole rings is 1. The van der Waals surface area contributed by atoms with Crippen molar-refractivity contribution in [2.75, 3.05) is 19.5 Å². The zero-order valence-electron chi connectivity index (χ0n) is 17.2. The molecule has 1 fully saturated rings. The summed E-state index contributed by atoms with van der Waals surface area (Å²) >= 11 is 1.01. The predicted octanol–water partition coefficient (Wildman–Crippen LogP) is -1.52. The summed E-state index contributed by atoms with van der Waals surface area (Å²) in [5.74, 6) is -2.36. The number of hydroxylamine groups is 2. The van der Waals surface area contributed by atoms with Gasteiger partial charge in [0.2, 0.25) is 5.78 Å². The number of nitrogens with zero attached hydrogens (tertiary/aromatic N) is 4. The van der Waals surface area contributed by atoms with Crippen molar-refractivity contribution in [3.05, 3.63) is 23.0 Å². The van der Waals surface area contributed by atoms with E-state index in [4.69, 9.17) is 19.9 Å². The van der Waals surface area contributed by atoms with Crippen molar-refractivity contribution in [1.29, 1.82) is 0 Å². The fourth-order valence-electron chi connectivity index (χ4n) is 3.11. The minimum Gasteiger partial charge on any atom is -0.491 e. The average molecular weight is 505 g/mol. The van der Waals surface area contributed by atoms with Gasteiger partial charge in [-0.1, -0.05) is 5.16 Å². The van der Waals surface area contributed by atoms with Crippen molar-refractivity contribution in [3.8, 4) is 0 Å². The Morgan fingerprint density at radius 2 is 2.15 bits per heavy atom. The fourth-order valence-corrected chi connectivity index (χ4v) is 4.54. The van der Waals surface area contributed by atoms with Gasteiger partial charge in [-0.25, -0.2) is 9.29 Å². The molecule has 180 valence electrons. The second-order valence-electron chi connectivity index (χ2n) is 6.97. The summed E-state index contributed by atoms with van der Waals surface area (Å²) in [4.78, 5) is 45.8. The highest BCUT2D eigenvalue weighted by molar-refractivity contribution is 7.84. The smallest absolute Gasteiger partial charge is 0.362 e. The molecule has 2 amide bonds. The van der Waals surface area contributed by atoms with Crippen LogP contribution in [0.25, 0.3) is 0 Å². The van der Waals surface area contributed by atoms with E-state index in [1.165, 1.54) is 19.4 Å². The number of amides is 2. The van der Waals surface area contributed by atoms with Crippen LogP contribution in [0.4, 0.5) is 5.13 Å². The normalized spacial score (nSPS) is 23.7. The van der Waals surface area contributed by atoms with Gasteiger partial charge in [-0.2, -0.15) is 8.42 Å². The first-order valence-corrected chi connectivity index (χ1v) is 11.5. The third-order valence-electron chi connectivity index (χ3n) is 4.81. The maximum atomic E-state index is 12.8. The highest BCUT2D eigenvalue weighted by atomic mass is 32.2. The maximum absolute atomic E-state index is 12.8. The van der Waals surface area contributed by atoms with Gasteiger partial charge in [0.05, 0.1) is 25.4 Å². The van der Waals surface area contributed by atoms with Crippen LogP contribution in [0, 0.1) is 0 Å². The number of carbonyl (C=O) groups excluding carboxylic acids is 3. The molecular weight excluding hydrogens is 484 g/mol. The van der Waals surface area contributed by atoms with Crippen LogP contribution in [-0.4, -0.2) is 87.7 Å². The van der Waals surface area contributed by atoms with Crippen LogP contribution >= 0.6 is 11.3 Å². The van der Waals surface area contributed by atoms with Crippen molar-refractivity contribution < 1.29 is 42.1 Å².